The van der Waals surface area contributed by atoms with E-state index in [1.165, 1.54) is 35.1 Å². The summed E-state index contributed by atoms with van der Waals surface area (Å²) < 4.78 is 3.94. The van der Waals surface area contributed by atoms with Crippen LogP contribution in [0.4, 0.5) is 0 Å². The molecule has 34 heavy (non-hydrogen) atoms. The summed E-state index contributed by atoms with van der Waals surface area (Å²) in [6.45, 7) is 4.64. The standard InChI is InChI=1S/C13H10.C9H7.C9H13.2ClH.Zr/c1-3-7-12(8-4-1)11-13-9-5-2-6-10-13;1-2-5-9-7-3-6-8(9)4-1;1-3-8-6-5-7-9(8)4-2;;;/h1-10H;1-7H;6H,3-4,7H2,1-2H3;2*1H;/q;;;;;+2/p-2. The number of hydrogen-bond donors (Lipinski definition) is 0. The molecule has 0 bridgehead atoms. The van der Waals surface area contributed by atoms with Gasteiger partial charge in [-0.05, 0) is 0 Å². The van der Waals surface area contributed by atoms with Crippen LogP contribution in [0.1, 0.15) is 59.0 Å². The van der Waals surface area contributed by atoms with Crippen LogP contribution >= 0.6 is 0 Å². The third-order valence-electron chi connectivity index (χ3n) is 6.86. The molecule has 0 aromatic heterocycles. The molecule has 0 saturated heterocycles. The number of fused-ring (bicyclic) bond motifs is 1. The van der Waals surface area contributed by atoms with E-state index in [1.807, 2.05) is 0 Å². The van der Waals surface area contributed by atoms with Crippen molar-refractivity contribution in [1.29, 1.82) is 0 Å². The summed E-state index contributed by atoms with van der Waals surface area (Å²) in [6.07, 6.45) is 11.0. The molecule has 3 heteroatoms. The molecule has 2 aliphatic carbocycles. The first-order chi connectivity index (χ1) is 15.8. The normalized spacial score (nSPS) is 15.6. The Balaban J connectivity index is 0.00000162. The molecule has 0 saturated carbocycles. The molecular weight excluding hydrogens is 534 g/mol. The van der Waals surface area contributed by atoms with Crippen LogP contribution in [0.25, 0.3) is 6.08 Å². The van der Waals surface area contributed by atoms with Gasteiger partial charge in [0.2, 0.25) is 0 Å². The minimum absolute atomic E-state index is 0. The molecule has 0 aliphatic heterocycles. The molecule has 3 aromatic rings. The minimum Gasteiger partial charge on any atom is -1.00 e. The molecule has 0 heterocycles. The number of allylic oxidation sites excluding steroid dienone is 5. The third-order valence-corrected chi connectivity index (χ3v) is 14.9. The SMILES string of the molecule is CCC1=C(CC)C[C]([Zr+2](=[C](c2ccccc2)c2ccccc2)[CH]2C=Cc3ccccc32)=C1.[Cl-].[Cl-]. The summed E-state index contributed by atoms with van der Waals surface area (Å²) in [6, 6.07) is 31.5. The van der Waals surface area contributed by atoms with Crippen LogP contribution in [0.3, 0.4) is 0 Å². The number of hydrogen-bond acceptors (Lipinski definition) is 0. The van der Waals surface area contributed by atoms with Crippen molar-refractivity contribution in [3.05, 3.63) is 134 Å². The molecule has 0 N–H and O–H groups in total. The summed E-state index contributed by atoms with van der Waals surface area (Å²) in [5, 5.41) is 0. The van der Waals surface area contributed by atoms with Crippen molar-refractivity contribution in [1.82, 2.24) is 0 Å². The molecular formula is C31H30Cl2Zr. The first kappa shape index (κ1) is 26.8. The Morgan fingerprint density at radius 3 is 1.91 bits per heavy atom. The van der Waals surface area contributed by atoms with E-state index in [1.54, 1.807) is 17.6 Å². The Morgan fingerprint density at radius 2 is 1.35 bits per heavy atom. The molecule has 0 radical (unpaired) electrons. The first-order valence-electron chi connectivity index (χ1n) is 11.8. The van der Waals surface area contributed by atoms with Crippen molar-refractivity contribution in [3.8, 4) is 0 Å². The van der Waals surface area contributed by atoms with Crippen LogP contribution in [0.5, 0.6) is 0 Å². The fourth-order valence-corrected chi connectivity index (χ4v) is 14.1. The van der Waals surface area contributed by atoms with Gasteiger partial charge in [-0.3, -0.25) is 0 Å². The number of rotatable bonds is 6. The number of benzene rings is 3. The maximum Gasteiger partial charge on any atom is -1.00 e. The van der Waals surface area contributed by atoms with Gasteiger partial charge >= 0.3 is 201 Å². The van der Waals surface area contributed by atoms with Gasteiger partial charge in [0, 0.05) is 0 Å². The Hall–Kier alpha value is -1.79. The second kappa shape index (κ2) is 12.3. The van der Waals surface area contributed by atoms with Gasteiger partial charge in [-0.2, -0.15) is 0 Å². The Morgan fingerprint density at radius 1 is 0.765 bits per heavy atom. The second-order valence-electron chi connectivity index (χ2n) is 8.67. The van der Waals surface area contributed by atoms with Gasteiger partial charge < -0.3 is 24.8 Å². The third kappa shape index (κ3) is 5.23. The van der Waals surface area contributed by atoms with E-state index in [0.717, 1.165) is 6.42 Å². The Kier molecular flexibility index (Phi) is 9.67. The van der Waals surface area contributed by atoms with Gasteiger partial charge in [0.15, 0.2) is 0 Å². The van der Waals surface area contributed by atoms with Crippen molar-refractivity contribution in [2.75, 3.05) is 0 Å². The molecule has 3 aromatic carbocycles. The molecule has 0 amide bonds. The zero-order valence-corrected chi connectivity index (χ0v) is 23.7. The van der Waals surface area contributed by atoms with Gasteiger partial charge in [0.25, 0.3) is 0 Å². The van der Waals surface area contributed by atoms with Gasteiger partial charge in [0.05, 0.1) is 0 Å². The zero-order chi connectivity index (χ0) is 21.9. The average molecular weight is 565 g/mol. The summed E-state index contributed by atoms with van der Waals surface area (Å²) in [5.74, 6) is 0. The Labute approximate surface area is 224 Å². The van der Waals surface area contributed by atoms with Crippen molar-refractivity contribution in [2.45, 2.75) is 36.7 Å². The van der Waals surface area contributed by atoms with Crippen LogP contribution in [0.2, 0.25) is 0 Å². The summed E-state index contributed by atoms with van der Waals surface area (Å²) in [5.41, 5.74) is 9.03. The van der Waals surface area contributed by atoms with Crippen LogP contribution in [0.15, 0.2) is 112 Å². The van der Waals surface area contributed by atoms with Gasteiger partial charge in [-0.25, -0.2) is 0 Å². The number of halogens is 2. The quantitative estimate of drug-likeness (QED) is 0.430. The van der Waals surface area contributed by atoms with E-state index >= 15 is 0 Å². The predicted octanol–water partition coefficient (Wildman–Crippen LogP) is 2.05. The van der Waals surface area contributed by atoms with Crippen molar-refractivity contribution < 1.29 is 46.1 Å². The molecule has 0 fully saturated rings. The van der Waals surface area contributed by atoms with Crippen molar-refractivity contribution in [3.63, 3.8) is 0 Å². The zero-order valence-electron chi connectivity index (χ0n) is 19.8. The molecule has 5 rings (SSSR count). The largest absolute Gasteiger partial charge is 1.00 e. The molecule has 172 valence electrons. The molecule has 1 unspecified atom stereocenters. The van der Waals surface area contributed by atoms with Crippen molar-refractivity contribution in [2.24, 2.45) is 0 Å². The van der Waals surface area contributed by atoms with E-state index in [2.05, 4.69) is 117 Å². The molecule has 2 aliphatic rings. The van der Waals surface area contributed by atoms with Gasteiger partial charge in [0.1, 0.15) is 0 Å². The maximum atomic E-state index is 2.62. The summed E-state index contributed by atoms with van der Waals surface area (Å²) in [7, 11) is 0. The monoisotopic (exact) mass is 562 g/mol. The predicted molar refractivity (Wildman–Crippen MR) is 135 cm³/mol. The van der Waals surface area contributed by atoms with Crippen LogP contribution in [0, 0.1) is 0 Å². The summed E-state index contributed by atoms with van der Waals surface area (Å²) >= 11 is -2.39. The minimum atomic E-state index is -2.39. The van der Waals surface area contributed by atoms with Crippen LogP contribution < -0.4 is 24.8 Å². The van der Waals surface area contributed by atoms with Crippen molar-refractivity contribution >= 4 is 9.28 Å². The van der Waals surface area contributed by atoms with E-state index < -0.39 is 21.3 Å². The molecule has 0 spiro atoms. The maximum absolute atomic E-state index is 2.62. The second-order valence-corrected chi connectivity index (χ2v) is 15.0. The first-order valence-corrected chi connectivity index (χ1v) is 15.7. The topological polar surface area (TPSA) is 0 Å². The summed E-state index contributed by atoms with van der Waals surface area (Å²) in [4.78, 5) is 0. The Bertz CT molecular complexity index is 1210. The van der Waals surface area contributed by atoms with E-state index in [9.17, 15) is 0 Å². The smallest absolute Gasteiger partial charge is 1.00 e. The molecule has 1 atom stereocenters. The van der Waals surface area contributed by atoms with Crippen LogP contribution in [-0.2, 0) is 21.3 Å². The molecule has 0 nitrogen and oxygen atoms in total. The van der Waals surface area contributed by atoms with Gasteiger partial charge in [-0.1, -0.05) is 0 Å². The fourth-order valence-electron chi connectivity index (χ4n) is 5.29. The average Bonchev–Trinajstić information content (AvgIpc) is 3.47. The van der Waals surface area contributed by atoms with Crippen LogP contribution in [-0.4, -0.2) is 3.21 Å². The van der Waals surface area contributed by atoms with E-state index in [-0.39, 0.29) is 24.8 Å². The fraction of sp³-hybridized carbons (Fsp3) is 0.194. The van der Waals surface area contributed by atoms with Gasteiger partial charge in [-0.15, -0.1) is 0 Å². The van der Waals surface area contributed by atoms with E-state index in [4.69, 9.17) is 0 Å². The van der Waals surface area contributed by atoms with E-state index in [0.29, 0.717) is 3.63 Å².